The summed E-state index contributed by atoms with van der Waals surface area (Å²) < 4.78 is 0. The van der Waals surface area contributed by atoms with E-state index in [-0.39, 0.29) is 12.2 Å². The molecule has 0 radical (unpaired) electrons. The maximum atomic E-state index is 10.3. The van der Waals surface area contributed by atoms with Gasteiger partial charge in [-0.2, -0.15) is 0 Å². The molecule has 2 atom stereocenters. The summed E-state index contributed by atoms with van der Waals surface area (Å²) in [6, 6.07) is 0. The number of aliphatic hydroxyl groups is 4. The van der Waals surface area contributed by atoms with Gasteiger partial charge in [-0.05, 0) is 18.6 Å². The Morgan fingerprint density at radius 2 is 1.81 bits per heavy atom. The molecule has 0 saturated heterocycles. The van der Waals surface area contributed by atoms with Gasteiger partial charge in [-0.15, -0.1) is 0 Å². The molecule has 0 aliphatic heterocycles. The molecular weight excluding hydrogens is 208 g/mol. The third kappa shape index (κ3) is 1.71. The largest absolute Gasteiger partial charge is 0.512 e. The maximum absolute atomic E-state index is 10.3. The van der Waals surface area contributed by atoms with Gasteiger partial charge in [0.2, 0.25) is 0 Å². The van der Waals surface area contributed by atoms with Crippen molar-refractivity contribution in [2.45, 2.75) is 17.8 Å². The van der Waals surface area contributed by atoms with Crippen LogP contribution >= 0.6 is 0 Å². The van der Waals surface area contributed by atoms with Crippen LogP contribution in [0.25, 0.3) is 0 Å². The van der Waals surface area contributed by atoms with Gasteiger partial charge < -0.3 is 20.4 Å². The van der Waals surface area contributed by atoms with E-state index in [1.54, 1.807) is 18.2 Å². The molecule has 0 saturated carbocycles. The molecule has 4 N–H and O–H groups in total. The van der Waals surface area contributed by atoms with Crippen LogP contribution in [0.4, 0.5) is 0 Å². The topological polar surface area (TPSA) is 80.9 Å². The summed E-state index contributed by atoms with van der Waals surface area (Å²) in [4.78, 5) is 0. The minimum atomic E-state index is -2.25. The molecule has 0 spiro atoms. The van der Waals surface area contributed by atoms with E-state index < -0.39 is 17.3 Å². The van der Waals surface area contributed by atoms with Crippen LogP contribution in [0.3, 0.4) is 0 Å². The van der Waals surface area contributed by atoms with Gasteiger partial charge in [0.25, 0.3) is 0 Å². The van der Waals surface area contributed by atoms with Crippen LogP contribution in [-0.2, 0) is 0 Å². The Morgan fingerprint density at radius 3 is 2.38 bits per heavy atom. The lowest BCUT2D eigenvalue weighted by molar-refractivity contribution is -0.197. The predicted octanol–water partition coefficient (Wildman–Crippen LogP) is 0.542. The lowest BCUT2D eigenvalue weighted by Gasteiger charge is -2.41. The average molecular weight is 222 g/mol. The molecule has 4 nitrogen and oxygen atoms in total. The molecule has 2 aliphatic rings. The molecule has 2 aliphatic carbocycles. The summed E-state index contributed by atoms with van der Waals surface area (Å²) in [5, 5.41) is 39.5. The van der Waals surface area contributed by atoms with Crippen LogP contribution in [0.2, 0.25) is 0 Å². The number of rotatable bonds is 1. The van der Waals surface area contributed by atoms with Crippen LogP contribution in [0, 0.1) is 5.92 Å². The smallest absolute Gasteiger partial charge is 0.196 e. The van der Waals surface area contributed by atoms with E-state index in [0.29, 0.717) is 0 Å². The van der Waals surface area contributed by atoms with Crippen molar-refractivity contribution in [3.8, 4) is 0 Å². The second kappa shape index (κ2) is 3.59. The Balaban J connectivity index is 2.39. The summed E-state index contributed by atoms with van der Waals surface area (Å²) in [5.74, 6) is -3.66. The van der Waals surface area contributed by atoms with Crippen LogP contribution in [0.15, 0.2) is 48.3 Å². The zero-order valence-electron chi connectivity index (χ0n) is 8.61. The molecule has 86 valence electrons. The summed E-state index contributed by atoms with van der Waals surface area (Å²) >= 11 is 0. The second-order valence-corrected chi connectivity index (χ2v) is 4.15. The zero-order valence-corrected chi connectivity index (χ0v) is 8.61. The van der Waals surface area contributed by atoms with E-state index >= 15 is 0 Å². The van der Waals surface area contributed by atoms with Crippen molar-refractivity contribution in [3.05, 3.63) is 48.3 Å². The van der Waals surface area contributed by atoms with Gasteiger partial charge in [-0.3, -0.25) is 0 Å². The minimum Gasteiger partial charge on any atom is -0.512 e. The van der Waals surface area contributed by atoms with Crippen LogP contribution in [-0.4, -0.2) is 31.8 Å². The van der Waals surface area contributed by atoms with Gasteiger partial charge in [0, 0.05) is 0 Å². The SMILES string of the molecule is OC1=CC=CC(O)(O)C1C1(O)C=CC=CC1. The van der Waals surface area contributed by atoms with Gasteiger partial charge in [-0.25, -0.2) is 0 Å². The highest BCUT2D eigenvalue weighted by Crippen LogP contribution is 2.39. The molecule has 0 fully saturated rings. The number of aliphatic hydroxyl groups excluding tert-OH is 1. The van der Waals surface area contributed by atoms with Gasteiger partial charge >= 0.3 is 0 Å². The van der Waals surface area contributed by atoms with Gasteiger partial charge in [0.05, 0.1) is 0 Å². The van der Waals surface area contributed by atoms with Crippen molar-refractivity contribution >= 4 is 0 Å². The first-order chi connectivity index (χ1) is 7.46. The lowest BCUT2D eigenvalue weighted by atomic mass is 9.74. The first-order valence-corrected chi connectivity index (χ1v) is 5.05. The van der Waals surface area contributed by atoms with Gasteiger partial charge in [-0.1, -0.05) is 30.4 Å². The minimum absolute atomic E-state index is 0.225. The zero-order chi connectivity index (χ0) is 11.8. The summed E-state index contributed by atoms with van der Waals surface area (Å²) in [5.41, 5.74) is -1.48. The Kier molecular flexibility index (Phi) is 2.50. The van der Waals surface area contributed by atoms with Crippen molar-refractivity contribution in [2.75, 3.05) is 0 Å². The van der Waals surface area contributed by atoms with Crippen molar-refractivity contribution in [1.29, 1.82) is 0 Å². The van der Waals surface area contributed by atoms with E-state index in [1.165, 1.54) is 18.2 Å². The van der Waals surface area contributed by atoms with E-state index in [1.807, 2.05) is 0 Å². The third-order valence-corrected chi connectivity index (χ3v) is 2.91. The maximum Gasteiger partial charge on any atom is 0.196 e. The quantitative estimate of drug-likeness (QED) is 0.488. The van der Waals surface area contributed by atoms with Crippen LogP contribution < -0.4 is 0 Å². The highest BCUT2D eigenvalue weighted by Gasteiger charge is 2.49. The third-order valence-electron chi connectivity index (χ3n) is 2.91. The summed E-state index contributed by atoms with van der Waals surface area (Å²) in [6.45, 7) is 0. The standard InChI is InChI=1S/C12H14O4/c13-9-5-4-8-12(15,16)10(9)11(14)6-2-1-3-7-11/h1-6,8,10,13-16H,7H2. The van der Waals surface area contributed by atoms with E-state index in [4.69, 9.17) is 0 Å². The highest BCUT2D eigenvalue weighted by molar-refractivity contribution is 5.31. The molecule has 0 aromatic rings. The van der Waals surface area contributed by atoms with Crippen molar-refractivity contribution < 1.29 is 20.4 Å². The molecule has 2 unspecified atom stereocenters. The first-order valence-electron chi connectivity index (χ1n) is 5.05. The normalized spacial score (nSPS) is 36.2. The molecule has 0 heterocycles. The summed E-state index contributed by atoms with van der Waals surface area (Å²) in [6.07, 6.45) is 10.6. The first kappa shape index (κ1) is 11.1. The molecule has 0 aromatic heterocycles. The van der Waals surface area contributed by atoms with Crippen molar-refractivity contribution in [2.24, 2.45) is 5.92 Å². The second-order valence-electron chi connectivity index (χ2n) is 4.15. The predicted molar refractivity (Wildman–Crippen MR) is 58.4 cm³/mol. The number of hydrogen-bond donors (Lipinski definition) is 4. The fraction of sp³-hybridized carbons (Fsp3) is 0.333. The summed E-state index contributed by atoms with van der Waals surface area (Å²) in [7, 11) is 0. The van der Waals surface area contributed by atoms with Gasteiger partial charge in [0.1, 0.15) is 17.3 Å². The molecular formula is C12H14O4. The average Bonchev–Trinajstić information content (AvgIpc) is 2.16. The van der Waals surface area contributed by atoms with E-state index in [9.17, 15) is 20.4 Å². The van der Waals surface area contributed by atoms with Crippen LogP contribution in [0.1, 0.15) is 6.42 Å². The van der Waals surface area contributed by atoms with Crippen LogP contribution in [0.5, 0.6) is 0 Å². The Morgan fingerprint density at radius 1 is 1.06 bits per heavy atom. The number of allylic oxidation sites excluding steroid dienone is 4. The van der Waals surface area contributed by atoms with Gasteiger partial charge in [0.15, 0.2) is 5.79 Å². The van der Waals surface area contributed by atoms with Crippen molar-refractivity contribution in [1.82, 2.24) is 0 Å². The Bertz CT molecular complexity index is 403. The molecule has 16 heavy (non-hydrogen) atoms. The molecule has 2 rings (SSSR count). The molecule has 0 aromatic carbocycles. The van der Waals surface area contributed by atoms with E-state index in [2.05, 4.69) is 0 Å². The Hall–Kier alpha value is -1.36. The molecule has 0 amide bonds. The Labute approximate surface area is 93.2 Å². The molecule has 4 heteroatoms. The fourth-order valence-electron chi connectivity index (χ4n) is 2.16. The highest BCUT2D eigenvalue weighted by atomic mass is 16.5. The lowest BCUT2D eigenvalue weighted by Crippen LogP contribution is -2.52. The fourth-order valence-corrected chi connectivity index (χ4v) is 2.16. The van der Waals surface area contributed by atoms with Crippen molar-refractivity contribution in [3.63, 3.8) is 0 Å². The monoisotopic (exact) mass is 222 g/mol. The van der Waals surface area contributed by atoms with E-state index in [0.717, 1.165) is 6.08 Å². The number of hydrogen-bond acceptors (Lipinski definition) is 4. The molecule has 0 bridgehead atoms.